The smallest absolute Gasteiger partial charge is 0.451 e. The van der Waals surface area contributed by atoms with Gasteiger partial charge in [0, 0.05) is 5.69 Å². The first-order valence-corrected chi connectivity index (χ1v) is 6.15. The van der Waals surface area contributed by atoms with Crippen LogP contribution in [0, 0.1) is 12.8 Å². The van der Waals surface area contributed by atoms with Crippen molar-refractivity contribution in [3.05, 3.63) is 23.3 Å². The molecule has 1 aromatic heterocycles. The van der Waals surface area contributed by atoms with Crippen molar-refractivity contribution in [2.45, 2.75) is 32.0 Å². The van der Waals surface area contributed by atoms with Crippen LogP contribution in [0.5, 0.6) is 0 Å². The van der Waals surface area contributed by atoms with Gasteiger partial charge in [-0.2, -0.15) is 13.2 Å². The van der Waals surface area contributed by atoms with Crippen LogP contribution in [0.1, 0.15) is 34.8 Å². The molecule has 114 valence electrons. The molecule has 0 bridgehead atoms. The number of carboxylic acids is 1. The summed E-state index contributed by atoms with van der Waals surface area (Å²) in [6.45, 7) is 1.29. The highest BCUT2D eigenvalue weighted by molar-refractivity contribution is 5.95. The number of rotatable bonds is 4. The molecule has 1 fully saturated rings. The monoisotopic (exact) mass is 303 g/mol. The third-order valence-corrected chi connectivity index (χ3v) is 2.99. The van der Waals surface area contributed by atoms with Gasteiger partial charge < -0.3 is 10.4 Å². The van der Waals surface area contributed by atoms with E-state index in [4.69, 9.17) is 5.11 Å². The lowest BCUT2D eigenvalue weighted by Gasteiger charge is -2.14. The Morgan fingerprint density at radius 2 is 2.00 bits per heavy atom. The second-order valence-corrected chi connectivity index (χ2v) is 4.84. The molecule has 0 aliphatic heterocycles. The minimum absolute atomic E-state index is 0.0271. The van der Waals surface area contributed by atoms with Crippen LogP contribution in [0.4, 0.5) is 13.2 Å². The molecule has 2 N–H and O–H groups in total. The fourth-order valence-corrected chi connectivity index (χ4v) is 1.84. The molecule has 0 spiro atoms. The summed E-state index contributed by atoms with van der Waals surface area (Å²) in [5, 5.41) is 11.2. The molecule has 1 aliphatic rings. The SMILES string of the molecule is Cc1cc(C(=O)NC(C(=O)O)C2CC2)nc(C(F)(F)F)n1. The average Bonchev–Trinajstić information content (AvgIpc) is 3.17. The Balaban J connectivity index is 2.22. The number of halogens is 3. The maximum Gasteiger partial charge on any atom is 0.451 e. The van der Waals surface area contributed by atoms with Gasteiger partial charge in [-0.25, -0.2) is 14.8 Å². The summed E-state index contributed by atoms with van der Waals surface area (Å²) < 4.78 is 37.8. The maximum absolute atomic E-state index is 12.6. The minimum atomic E-state index is -4.77. The topological polar surface area (TPSA) is 92.2 Å². The van der Waals surface area contributed by atoms with E-state index < -0.39 is 35.6 Å². The van der Waals surface area contributed by atoms with Gasteiger partial charge in [-0.1, -0.05) is 0 Å². The summed E-state index contributed by atoms with van der Waals surface area (Å²) in [6, 6.07) is -0.0294. The van der Waals surface area contributed by atoms with E-state index >= 15 is 0 Å². The first-order valence-electron chi connectivity index (χ1n) is 6.15. The molecule has 21 heavy (non-hydrogen) atoms. The zero-order chi connectivity index (χ0) is 15.8. The number of nitrogens with zero attached hydrogens (tertiary/aromatic N) is 2. The van der Waals surface area contributed by atoms with Crippen molar-refractivity contribution in [1.29, 1.82) is 0 Å². The summed E-state index contributed by atoms with van der Waals surface area (Å²) in [7, 11) is 0. The average molecular weight is 303 g/mol. The van der Waals surface area contributed by atoms with Crippen molar-refractivity contribution in [3.8, 4) is 0 Å². The standard InChI is InChI=1S/C12H12F3N3O3/c1-5-4-7(17-11(16-5)12(13,14)15)9(19)18-8(10(20)21)6-2-3-6/h4,6,8H,2-3H2,1H3,(H,18,19)(H,20,21). The van der Waals surface area contributed by atoms with Crippen LogP contribution in [-0.4, -0.2) is 33.0 Å². The number of amides is 1. The Labute approximate surface area is 117 Å². The Morgan fingerprint density at radius 3 is 2.48 bits per heavy atom. The van der Waals surface area contributed by atoms with E-state index in [1.807, 2.05) is 0 Å². The van der Waals surface area contributed by atoms with Crippen molar-refractivity contribution >= 4 is 11.9 Å². The van der Waals surface area contributed by atoms with Gasteiger partial charge in [-0.15, -0.1) is 0 Å². The molecule has 1 amide bonds. The van der Waals surface area contributed by atoms with Crippen LogP contribution in [0.15, 0.2) is 6.07 Å². The van der Waals surface area contributed by atoms with Gasteiger partial charge in [0.15, 0.2) is 0 Å². The second-order valence-electron chi connectivity index (χ2n) is 4.84. The maximum atomic E-state index is 12.6. The van der Waals surface area contributed by atoms with E-state index in [1.165, 1.54) is 6.92 Å². The van der Waals surface area contributed by atoms with Gasteiger partial charge >= 0.3 is 12.1 Å². The largest absolute Gasteiger partial charge is 0.480 e. The highest BCUT2D eigenvalue weighted by atomic mass is 19.4. The van der Waals surface area contributed by atoms with E-state index in [0.717, 1.165) is 6.07 Å². The van der Waals surface area contributed by atoms with Crippen molar-refractivity contribution in [3.63, 3.8) is 0 Å². The number of aryl methyl sites for hydroxylation is 1. The van der Waals surface area contributed by atoms with Crippen molar-refractivity contribution in [2.24, 2.45) is 5.92 Å². The summed E-state index contributed by atoms with van der Waals surface area (Å²) in [5.41, 5.74) is -0.525. The second kappa shape index (κ2) is 5.30. The predicted molar refractivity (Wildman–Crippen MR) is 63.4 cm³/mol. The van der Waals surface area contributed by atoms with Crippen LogP contribution >= 0.6 is 0 Å². The number of carbonyl (C=O) groups is 2. The molecular formula is C12H12F3N3O3. The molecule has 9 heteroatoms. The number of hydrogen-bond donors (Lipinski definition) is 2. The number of hydrogen-bond acceptors (Lipinski definition) is 4. The molecule has 1 atom stereocenters. The molecule has 0 saturated heterocycles. The quantitative estimate of drug-likeness (QED) is 0.877. The molecule has 1 aromatic rings. The van der Waals surface area contributed by atoms with Gasteiger partial charge in [0.1, 0.15) is 11.7 Å². The number of carboxylic acid groups (broad SMARTS) is 1. The number of nitrogens with one attached hydrogen (secondary N) is 1. The minimum Gasteiger partial charge on any atom is -0.480 e. The first-order chi connectivity index (χ1) is 9.68. The fourth-order valence-electron chi connectivity index (χ4n) is 1.84. The van der Waals surface area contributed by atoms with Crippen LogP contribution in [0.3, 0.4) is 0 Å². The number of aromatic nitrogens is 2. The van der Waals surface area contributed by atoms with Crippen molar-refractivity contribution < 1.29 is 27.9 Å². The number of carbonyl (C=O) groups excluding carboxylic acids is 1. The predicted octanol–water partition coefficient (Wildman–Crippen LogP) is 1.40. The molecule has 1 aliphatic carbocycles. The van der Waals surface area contributed by atoms with Crippen LogP contribution < -0.4 is 5.32 Å². The van der Waals surface area contributed by atoms with E-state index in [0.29, 0.717) is 12.8 Å². The van der Waals surface area contributed by atoms with Crippen LogP contribution in [-0.2, 0) is 11.0 Å². The third-order valence-electron chi connectivity index (χ3n) is 2.99. The lowest BCUT2D eigenvalue weighted by molar-refractivity contribution is -0.145. The molecular weight excluding hydrogens is 291 g/mol. The summed E-state index contributed by atoms with van der Waals surface area (Å²) in [5.74, 6) is -3.78. The van der Waals surface area contributed by atoms with Crippen molar-refractivity contribution in [2.75, 3.05) is 0 Å². The molecule has 1 heterocycles. The normalized spacial score (nSPS) is 16.4. The fraction of sp³-hybridized carbons (Fsp3) is 0.500. The molecule has 1 unspecified atom stereocenters. The Morgan fingerprint density at radius 1 is 1.38 bits per heavy atom. The van der Waals surface area contributed by atoms with Crippen molar-refractivity contribution in [1.82, 2.24) is 15.3 Å². The summed E-state index contributed by atoms with van der Waals surface area (Å²) in [6.07, 6.45) is -3.45. The zero-order valence-electron chi connectivity index (χ0n) is 10.9. The highest BCUT2D eigenvalue weighted by Gasteiger charge is 2.39. The lowest BCUT2D eigenvalue weighted by Crippen LogP contribution is -2.42. The van der Waals surface area contributed by atoms with Crippen LogP contribution in [0.25, 0.3) is 0 Å². The van der Waals surface area contributed by atoms with Crippen LogP contribution in [0.2, 0.25) is 0 Å². The summed E-state index contributed by atoms with van der Waals surface area (Å²) >= 11 is 0. The summed E-state index contributed by atoms with van der Waals surface area (Å²) in [4.78, 5) is 29.3. The van der Waals surface area contributed by atoms with Gasteiger partial charge in [-0.05, 0) is 31.7 Å². The molecule has 6 nitrogen and oxygen atoms in total. The van der Waals surface area contributed by atoms with Gasteiger partial charge in [-0.3, -0.25) is 4.79 Å². The van der Waals surface area contributed by atoms with E-state index in [1.54, 1.807) is 0 Å². The molecule has 0 aromatic carbocycles. The lowest BCUT2D eigenvalue weighted by atomic mass is 10.2. The van der Waals surface area contributed by atoms with Gasteiger partial charge in [0.2, 0.25) is 5.82 Å². The Bertz CT molecular complexity index is 585. The Hall–Kier alpha value is -2.19. The van der Waals surface area contributed by atoms with E-state index in [-0.39, 0.29) is 11.6 Å². The highest BCUT2D eigenvalue weighted by Crippen LogP contribution is 2.33. The molecule has 2 rings (SSSR count). The van der Waals surface area contributed by atoms with Gasteiger partial charge in [0.05, 0.1) is 0 Å². The number of aliphatic carboxylic acids is 1. The third kappa shape index (κ3) is 3.67. The van der Waals surface area contributed by atoms with Gasteiger partial charge in [0.25, 0.3) is 5.91 Å². The molecule has 1 saturated carbocycles. The number of alkyl halides is 3. The molecule has 0 radical (unpaired) electrons. The first kappa shape index (κ1) is 15.2. The van der Waals surface area contributed by atoms with E-state index in [2.05, 4.69) is 15.3 Å². The zero-order valence-corrected chi connectivity index (χ0v) is 10.9. The van der Waals surface area contributed by atoms with E-state index in [9.17, 15) is 22.8 Å². The Kier molecular flexibility index (Phi) is 3.84.